The van der Waals surface area contributed by atoms with Crippen molar-refractivity contribution in [1.82, 2.24) is 10.3 Å². The van der Waals surface area contributed by atoms with Crippen LogP contribution in [0.2, 0.25) is 0 Å². The van der Waals surface area contributed by atoms with E-state index in [1.807, 2.05) is 25.1 Å². The van der Waals surface area contributed by atoms with Gasteiger partial charge in [-0.15, -0.1) is 0 Å². The average molecular weight is 458 g/mol. The lowest BCUT2D eigenvalue weighted by Crippen LogP contribution is -2.28. The number of rotatable bonds is 6. The van der Waals surface area contributed by atoms with E-state index in [1.54, 1.807) is 24.3 Å². The van der Waals surface area contributed by atoms with E-state index in [2.05, 4.69) is 10.6 Å². The number of esters is 1. The molecule has 2 aliphatic rings. The van der Waals surface area contributed by atoms with Crippen LogP contribution in [0.4, 0.5) is 5.69 Å². The van der Waals surface area contributed by atoms with E-state index in [4.69, 9.17) is 9.72 Å². The molecule has 0 atom stereocenters. The minimum atomic E-state index is -0.522. The van der Waals surface area contributed by atoms with E-state index in [1.165, 1.54) is 0 Å². The number of nitrogens with zero attached hydrogens (tertiary/aromatic N) is 1. The largest absolute Gasteiger partial charge is 0.452 e. The molecule has 1 heterocycles. The van der Waals surface area contributed by atoms with E-state index in [0.717, 1.165) is 66.2 Å². The highest BCUT2D eigenvalue weighted by Gasteiger charge is 2.26. The number of nitrogens with one attached hydrogen (secondary N) is 2. The fraction of sp³-hybridized carbons (Fsp3) is 0.333. The number of fused-ring (bicyclic) bond motifs is 2. The summed E-state index contributed by atoms with van der Waals surface area (Å²) in [4.78, 5) is 43.1. The van der Waals surface area contributed by atoms with Crippen LogP contribution in [0.25, 0.3) is 10.9 Å². The first-order chi connectivity index (χ1) is 16.5. The Labute approximate surface area is 197 Å². The van der Waals surface area contributed by atoms with E-state index >= 15 is 0 Å². The van der Waals surface area contributed by atoms with E-state index in [-0.39, 0.29) is 11.9 Å². The van der Waals surface area contributed by atoms with Crippen molar-refractivity contribution in [3.05, 3.63) is 70.4 Å². The maximum atomic E-state index is 13.2. The monoisotopic (exact) mass is 457 g/mol. The summed E-state index contributed by atoms with van der Waals surface area (Å²) < 4.78 is 5.47. The highest BCUT2D eigenvalue weighted by atomic mass is 16.5. The van der Waals surface area contributed by atoms with E-state index < -0.39 is 18.5 Å². The number of pyridine rings is 1. The third-order valence-electron chi connectivity index (χ3n) is 6.31. The number of carbonyl (C=O) groups is 3. The van der Waals surface area contributed by atoms with Crippen molar-refractivity contribution in [2.75, 3.05) is 11.9 Å². The van der Waals surface area contributed by atoms with Gasteiger partial charge in [-0.3, -0.25) is 14.6 Å². The summed E-state index contributed by atoms with van der Waals surface area (Å²) in [5.74, 6) is -1.24. The standard InChI is InChI=1S/C27H27N3O4/c1-16-10-13-23-20(14-16)25(18-6-2-4-8-21(18)29-23)27(33)34-15-24(31)30-22-9-5-3-7-19(22)26(32)28-17-11-12-17/h3,5,7,9-10,13-14,17H,2,4,6,8,11-12,15H2,1H3,(H,28,32)(H,30,31). The third kappa shape index (κ3) is 4.64. The van der Waals surface area contributed by atoms with Gasteiger partial charge in [0, 0.05) is 17.1 Å². The Kier molecular flexibility index (Phi) is 6.01. The van der Waals surface area contributed by atoms with Crippen molar-refractivity contribution in [2.24, 2.45) is 0 Å². The first kappa shape index (κ1) is 22.1. The molecule has 1 saturated carbocycles. The smallest absolute Gasteiger partial charge is 0.339 e. The van der Waals surface area contributed by atoms with Gasteiger partial charge in [-0.1, -0.05) is 23.8 Å². The Balaban J connectivity index is 1.33. The van der Waals surface area contributed by atoms with Crippen LogP contribution in [0.5, 0.6) is 0 Å². The Bertz CT molecular complexity index is 1300. The van der Waals surface area contributed by atoms with Crippen LogP contribution in [0, 0.1) is 6.92 Å². The number of aromatic nitrogens is 1. The molecule has 7 nitrogen and oxygen atoms in total. The number of hydrogen-bond acceptors (Lipinski definition) is 5. The number of benzene rings is 2. The molecule has 0 radical (unpaired) electrons. The Morgan fingerprint density at radius 2 is 1.85 bits per heavy atom. The van der Waals surface area contributed by atoms with Gasteiger partial charge in [0.05, 0.1) is 22.3 Å². The summed E-state index contributed by atoms with van der Waals surface area (Å²) in [5.41, 5.74) is 4.95. The summed E-state index contributed by atoms with van der Waals surface area (Å²) in [6.45, 7) is 1.53. The number of para-hydroxylation sites is 1. The minimum Gasteiger partial charge on any atom is -0.452 e. The zero-order chi connectivity index (χ0) is 23.7. The van der Waals surface area contributed by atoms with Crippen LogP contribution in [0.15, 0.2) is 42.5 Å². The van der Waals surface area contributed by atoms with Crippen molar-refractivity contribution in [3.8, 4) is 0 Å². The molecule has 2 amide bonds. The number of carbonyl (C=O) groups excluding carboxylic acids is 3. The molecular formula is C27H27N3O4. The first-order valence-corrected chi connectivity index (χ1v) is 11.8. The van der Waals surface area contributed by atoms with Crippen molar-refractivity contribution in [1.29, 1.82) is 0 Å². The van der Waals surface area contributed by atoms with Gasteiger partial charge in [0.15, 0.2) is 6.61 Å². The van der Waals surface area contributed by atoms with Gasteiger partial charge in [0.25, 0.3) is 11.8 Å². The summed E-state index contributed by atoms with van der Waals surface area (Å²) in [6, 6.07) is 12.9. The Hall–Kier alpha value is -3.74. The Morgan fingerprint density at radius 1 is 1.06 bits per heavy atom. The van der Waals surface area contributed by atoms with Crippen LogP contribution in [-0.4, -0.2) is 35.4 Å². The highest BCUT2D eigenvalue weighted by Crippen LogP contribution is 2.30. The fourth-order valence-electron chi connectivity index (χ4n) is 4.44. The number of hydrogen-bond donors (Lipinski definition) is 2. The number of amides is 2. The van der Waals surface area contributed by atoms with Gasteiger partial charge in [-0.25, -0.2) is 4.79 Å². The van der Waals surface area contributed by atoms with Gasteiger partial charge >= 0.3 is 5.97 Å². The van der Waals surface area contributed by atoms with Crippen LogP contribution < -0.4 is 10.6 Å². The van der Waals surface area contributed by atoms with Crippen LogP contribution in [0.3, 0.4) is 0 Å². The van der Waals surface area contributed by atoms with E-state index in [0.29, 0.717) is 16.8 Å². The molecule has 0 bridgehead atoms. The number of aryl methyl sites for hydroxylation is 2. The second-order valence-corrected chi connectivity index (χ2v) is 9.06. The summed E-state index contributed by atoms with van der Waals surface area (Å²) in [6.07, 6.45) is 5.59. The predicted octanol–water partition coefficient (Wildman–Crippen LogP) is 4.11. The quantitative estimate of drug-likeness (QED) is 0.543. The van der Waals surface area contributed by atoms with Crippen molar-refractivity contribution in [3.63, 3.8) is 0 Å². The van der Waals surface area contributed by atoms with Crippen molar-refractivity contribution >= 4 is 34.4 Å². The van der Waals surface area contributed by atoms with Crippen LogP contribution in [0.1, 0.15) is 63.2 Å². The van der Waals surface area contributed by atoms with Crippen LogP contribution >= 0.6 is 0 Å². The van der Waals surface area contributed by atoms with Gasteiger partial charge < -0.3 is 15.4 Å². The fourth-order valence-corrected chi connectivity index (χ4v) is 4.44. The highest BCUT2D eigenvalue weighted by molar-refractivity contribution is 6.07. The zero-order valence-electron chi connectivity index (χ0n) is 19.1. The molecule has 2 aliphatic carbocycles. The lowest BCUT2D eigenvalue weighted by Gasteiger charge is -2.20. The predicted molar refractivity (Wildman–Crippen MR) is 129 cm³/mol. The first-order valence-electron chi connectivity index (χ1n) is 11.8. The molecule has 174 valence electrons. The molecule has 3 aromatic rings. The van der Waals surface area contributed by atoms with Crippen molar-refractivity contribution in [2.45, 2.75) is 51.5 Å². The molecule has 1 aromatic heterocycles. The van der Waals surface area contributed by atoms with Gasteiger partial charge in [-0.05, 0) is 75.3 Å². The maximum Gasteiger partial charge on any atom is 0.339 e. The molecule has 0 spiro atoms. The molecule has 34 heavy (non-hydrogen) atoms. The molecule has 2 aromatic carbocycles. The van der Waals surface area contributed by atoms with Gasteiger partial charge in [-0.2, -0.15) is 0 Å². The van der Waals surface area contributed by atoms with Crippen LogP contribution in [-0.2, 0) is 22.4 Å². The summed E-state index contributed by atoms with van der Waals surface area (Å²) in [5, 5.41) is 6.39. The molecule has 1 fully saturated rings. The minimum absolute atomic E-state index is 0.210. The number of ether oxygens (including phenoxy) is 1. The lowest BCUT2D eigenvalue weighted by atomic mass is 9.89. The Morgan fingerprint density at radius 3 is 2.68 bits per heavy atom. The lowest BCUT2D eigenvalue weighted by molar-refractivity contribution is -0.119. The van der Waals surface area contributed by atoms with E-state index in [9.17, 15) is 14.4 Å². The van der Waals surface area contributed by atoms with Gasteiger partial charge in [0.2, 0.25) is 0 Å². The normalized spacial score (nSPS) is 14.9. The maximum absolute atomic E-state index is 13.2. The molecule has 0 unspecified atom stereocenters. The third-order valence-corrected chi connectivity index (χ3v) is 6.31. The topological polar surface area (TPSA) is 97.4 Å². The molecular weight excluding hydrogens is 430 g/mol. The SMILES string of the molecule is Cc1ccc2nc3c(c(C(=O)OCC(=O)Nc4ccccc4C(=O)NC4CC4)c2c1)CCCC3. The number of anilines is 1. The van der Waals surface area contributed by atoms with Crippen molar-refractivity contribution < 1.29 is 19.1 Å². The second kappa shape index (κ2) is 9.25. The molecule has 0 saturated heterocycles. The second-order valence-electron chi connectivity index (χ2n) is 9.06. The van der Waals surface area contributed by atoms with Gasteiger partial charge in [0.1, 0.15) is 0 Å². The molecule has 7 heteroatoms. The molecule has 5 rings (SSSR count). The molecule has 2 N–H and O–H groups in total. The zero-order valence-corrected chi connectivity index (χ0v) is 19.1. The molecule has 0 aliphatic heterocycles. The average Bonchev–Trinajstić information content (AvgIpc) is 3.65. The summed E-state index contributed by atoms with van der Waals surface area (Å²) >= 11 is 0. The summed E-state index contributed by atoms with van der Waals surface area (Å²) in [7, 11) is 0.